The van der Waals surface area contributed by atoms with Gasteiger partial charge in [-0.1, -0.05) is 19.1 Å². The molecule has 168 valence electrons. The maximum Gasteiger partial charge on any atom is 0.244 e. The molecule has 2 unspecified atom stereocenters. The van der Waals surface area contributed by atoms with E-state index in [0.717, 1.165) is 22.9 Å². The highest BCUT2D eigenvalue weighted by Gasteiger charge is 2.32. The summed E-state index contributed by atoms with van der Waals surface area (Å²) in [5.41, 5.74) is 3.36. The first-order chi connectivity index (χ1) is 14.6. The summed E-state index contributed by atoms with van der Waals surface area (Å²) in [6.07, 6.45) is 1.46. The number of anilines is 1. The van der Waals surface area contributed by atoms with Gasteiger partial charge in [-0.2, -0.15) is 0 Å². The van der Waals surface area contributed by atoms with Crippen LogP contribution in [-0.4, -0.2) is 39.8 Å². The summed E-state index contributed by atoms with van der Waals surface area (Å²) in [5, 5.41) is 2.96. The third-order valence-electron chi connectivity index (χ3n) is 5.50. The first kappa shape index (κ1) is 22.9. The number of fused-ring (bicyclic) bond motifs is 1. The van der Waals surface area contributed by atoms with E-state index < -0.39 is 16.1 Å². The topological polar surface area (TPSA) is 84.9 Å². The molecule has 0 bridgehead atoms. The number of nitrogens with zero attached hydrogens (tertiary/aromatic N) is 1. The van der Waals surface area contributed by atoms with Crippen LogP contribution in [0.3, 0.4) is 0 Å². The van der Waals surface area contributed by atoms with Gasteiger partial charge < -0.3 is 14.8 Å². The molecule has 0 fully saturated rings. The Hall–Kier alpha value is -2.74. The molecule has 31 heavy (non-hydrogen) atoms. The summed E-state index contributed by atoms with van der Waals surface area (Å²) in [6.45, 7) is 8.53. The molecule has 7 nitrogen and oxygen atoms in total. The molecule has 3 rings (SSSR count). The molecule has 1 aliphatic heterocycles. The number of aryl methyl sites for hydroxylation is 2. The fraction of sp³-hybridized carbons (Fsp3) is 0.435. The summed E-state index contributed by atoms with van der Waals surface area (Å²) in [4.78, 5) is 13.2. The average Bonchev–Trinajstić information content (AvgIpc) is 2.72. The van der Waals surface area contributed by atoms with Crippen molar-refractivity contribution in [3.05, 3.63) is 53.1 Å². The van der Waals surface area contributed by atoms with Crippen LogP contribution in [0.2, 0.25) is 0 Å². The van der Waals surface area contributed by atoms with E-state index >= 15 is 0 Å². The SMILES string of the molecule is CCC(C(=O)NC(C)c1ccc2c(c1)OCCO2)N(c1ccc(C)c(C)c1)S(C)(=O)=O. The molecular formula is C23H30N2O5S. The minimum absolute atomic E-state index is 0.333. The van der Waals surface area contributed by atoms with Gasteiger partial charge in [0, 0.05) is 0 Å². The number of sulfonamides is 1. The Balaban J connectivity index is 1.85. The lowest BCUT2D eigenvalue weighted by atomic mass is 10.1. The summed E-state index contributed by atoms with van der Waals surface area (Å²) in [6, 6.07) is 9.75. The van der Waals surface area contributed by atoms with Crippen molar-refractivity contribution < 1.29 is 22.7 Å². The summed E-state index contributed by atoms with van der Waals surface area (Å²) < 4.78 is 37.7. The van der Waals surface area contributed by atoms with E-state index in [0.29, 0.717) is 36.8 Å². The molecule has 0 saturated carbocycles. The van der Waals surface area contributed by atoms with Gasteiger partial charge in [-0.3, -0.25) is 9.10 Å². The molecule has 2 aromatic rings. The number of hydrogen-bond acceptors (Lipinski definition) is 5. The number of hydrogen-bond donors (Lipinski definition) is 1. The molecule has 0 radical (unpaired) electrons. The zero-order chi connectivity index (χ0) is 22.8. The lowest BCUT2D eigenvalue weighted by Gasteiger charge is -2.31. The van der Waals surface area contributed by atoms with Gasteiger partial charge in [0.1, 0.15) is 19.3 Å². The second-order valence-electron chi connectivity index (χ2n) is 7.88. The number of rotatable bonds is 7. The standard InChI is InChI=1S/C23H30N2O5S/c1-6-20(25(31(5,27)28)19-9-7-15(2)16(3)13-19)23(26)24-17(4)18-8-10-21-22(14-18)30-12-11-29-21/h7-10,13-14,17,20H,6,11-12H2,1-5H3,(H,24,26). The molecule has 1 N–H and O–H groups in total. The number of amides is 1. The number of nitrogens with one attached hydrogen (secondary N) is 1. The van der Waals surface area contributed by atoms with Crippen LogP contribution in [0.25, 0.3) is 0 Å². The van der Waals surface area contributed by atoms with Crippen LogP contribution in [-0.2, 0) is 14.8 Å². The highest BCUT2D eigenvalue weighted by Crippen LogP contribution is 2.33. The van der Waals surface area contributed by atoms with E-state index in [1.807, 2.05) is 45.0 Å². The Morgan fingerprint density at radius 2 is 1.74 bits per heavy atom. The zero-order valence-corrected chi connectivity index (χ0v) is 19.5. The molecule has 0 saturated heterocycles. The van der Waals surface area contributed by atoms with E-state index in [-0.39, 0.29) is 11.9 Å². The van der Waals surface area contributed by atoms with Gasteiger partial charge >= 0.3 is 0 Å². The first-order valence-electron chi connectivity index (χ1n) is 10.4. The summed E-state index contributed by atoms with van der Waals surface area (Å²) >= 11 is 0. The van der Waals surface area contributed by atoms with Gasteiger partial charge in [-0.25, -0.2) is 8.42 Å². The molecular weight excluding hydrogens is 416 g/mol. The maximum absolute atomic E-state index is 13.2. The molecule has 0 aliphatic carbocycles. The Bertz CT molecular complexity index is 1070. The highest BCUT2D eigenvalue weighted by atomic mass is 32.2. The van der Waals surface area contributed by atoms with E-state index in [9.17, 15) is 13.2 Å². The molecule has 0 aromatic heterocycles. The molecule has 1 aliphatic rings. The van der Waals surface area contributed by atoms with E-state index in [4.69, 9.17) is 9.47 Å². The lowest BCUT2D eigenvalue weighted by molar-refractivity contribution is -0.122. The van der Waals surface area contributed by atoms with Crippen LogP contribution in [0.5, 0.6) is 11.5 Å². The number of benzene rings is 2. The van der Waals surface area contributed by atoms with Gasteiger partial charge in [0.05, 0.1) is 18.0 Å². The lowest BCUT2D eigenvalue weighted by Crippen LogP contribution is -2.49. The van der Waals surface area contributed by atoms with Gasteiger partial charge in [0.15, 0.2) is 11.5 Å². The van der Waals surface area contributed by atoms with Crippen molar-refractivity contribution in [1.82, 2.24) is 5.32 Å². The van der Waals surface area contributed by atoms with Gasteiger partial charge in [0.25, 0.3) is 0 Å². The van der Waals surface area contributed by atoms with Crippen molar-refractivity contribution in [2.45, 2.75) is 46.2 Å². The summed E-state index contributed by atoms with van der Waals surface area (Å²) in [5.74, 6) is 0.969. The van der Waals surface area contributed by atoms with E-state index in [1.165, 1.54) is 4.31 Å². The minimum Gasteiger partial charge on any atom is -0.486 e. The highest BCUT2D eigenvalue weighted by molar-refractivity contribution is 7.92. The van der Waals surface area contributed by atoms with Gasteiger partial charge in [-0.15, -0.1) is 0 Å². The fourth-order valence-corrected chi connectivity index (χ4v) is 4.85. The molecule has 8 heteroatoms. The van der Waals surface area contributed by atoms with E-state index in [1.54, 1.807) is 19.1 Å². The van der Waals surface area contributed by atoms with Gasteiger partial charge in [-0.05, 0) is 68.1 Å². The smallest absolute Gasteiger partial charge is 0.244 e. The van der Waals surface area contributed by atoms with Crippen LogP contribution >= 0.6 is 0 Å². The predicted octanol–water partition coefficient (Wildman–Crippen LogP) is 3.50. The van der Waals surface area contributed by atoms with Crippen molar-refractivity contribution >= 4 is 21.6 Å². The number of carbonyl (C=O) groups is 1. The number of ether oxygens (including phenoxy) is 2. The average molecular weight is 447 g/mol. The molecule has 0 spiro atoms. The molecule has 2 aromatic carbocycles. The maximum atomic E-state index is 13.2. The Morgan fingerprint density at radius 3 is 2.35 bits per heavy atom. The Labute approximate surface area is 184 Å². The monoisotopic (exact) mass is 446 g/mol. The number of carbonyl (C=O) groups excluding carboxylic acids is 1. The van der Waals surface area contributed by atoms with E-state index in [2.05, 4.69) is 5.32 Å². The van der Waals surface area contributed by atoms with Crippen LogP contribution in [0.1, 0.15) is 43.0 Å². The fourth-order valence-electron chi connectivity index (χ4n) is 3.65. The third kappa shape index (κ3) is 5.12. The summed E-state index contributed by atoms with van der Waals surface area (Å²) in [7, 11) is -3.68. The normalized spacial score (nSPS) is 15.1. The quantitative estimate of drug-likeness (QED) is 0.704. The molecule has 1 heterocycles. The Kier molecular flexibility index (Phi) is 6.79. The van der Waals surface area contributed by atoms with Crippen LogP contribution in [0, 0.1) is 13.8 Å². The first-order valence-corrected chi connectivity index (χ1v) is 12.2. The second kappa shape index (κ2) is 9.18. The van der Waals surface area contributed by atoms with Gasteiger partial charge in [0.2, 0.25) is 15.9 Å². The third-order valence-corrected chi connectivity index (χ3v) is 6.68. The Morgan fingerprint density at radius 1 is 1.06 bits per heavy atom. The minimum atomic E-state index is -3.68. The molecule has 2 atom stereocenters. The van der Waals surface area contributed by atoms with Crippen LogP contribution < -0.4 is 19.1 Å². The van der Waals surface area contributed by atoms with Crippen molar-refractivity contribution in [3.8, 4) is 11.5 Å². The van der Waals surface area contributed by atoms with Crippen molar-refractivity contribution in [1.29, 1.82) is 0 Å². The van der Waals surface area contributed by atoms with Crippen molar-refractivity contribution in [2.24, 2.45) is 0 Å². The van der Waals surface area contributed by atoms with Crippen LogP contribution in [0.4, 0.5) is 5.69 Å². The van der Waals surface area contributed by atoms with Crippen LogP contribution in [0.15, 0.2) is 36.4 Å². The zero-order valence-electron chi connectivity index (χ0n) is 18.6. The largest absolute Gasteiger partial charge is 0.486 e. The van der Waals surface area contributed by atoms with Crippen molar-refractivity contribution in [3.63, 3.8) is 0 Å². The van der Waals surface area contributed by atoms with Crippen molar-refractivity contribution in [2.75, 3.05) is 23.8 Å². The predicted molar refractivity (Wildman–Crippen MR) is 121 cm³/mol. The second-order valence-corrected chi connectivity index (χ2v) is 9.74. The molecule has 1 amide bonds.